The number of likely N-dealkylation sites (N-methyl/N-ethyl adjacent to an activating group) is 1. The molecule has 0 aliphatic carbocycles. The lowest BCUT2D eigenvalue weighted by molar-refractivity contribution is -0.887. The number of allylic oxidation sites excluding steroid dienone is 4. The van der Waals surface area contributed by atoms with E-state index in [1.807, 2.05) is 21.1 Å². The highest BCUT2D eigenvalue weighted by molar-refractivity contribution is 5.72. The van der Waals surface area contributed by atoms with Crippen LogP contribution in [0.15, 0.2) is 24.3 Å². The van der Waals surface area contributed by atoms with Crippen molar-refractivity contribution < 1.29 is 38.2 Å². The van der Waals surface area contributed by atoms with Crippen LogP contribution in [0.2, 0.25) is 0 Å². The molecule has 0 fully saturated rings. The highest BCUT2D eigenvalue weighted by Crippen LogP contribution is 2.17. The van der Waals surface area contributed by atoms with E-state index in [4.69, 9.17) is 14.2 Å². The zero-order valence-electron chi connectivity index (χ0n) is 45.8. The van der Waals surface area contributed by atoms with E-state index in [0.29, 0.717) is 19.3 Å². The first kappa shape index (κ1) is 65.8. The Morgan fingerprint density at radius 2 is 0.779 bits per heavy atom. The molecule has 0 spiro atoms. The molecule has 0 saturated heterocycles. The van der Waals surface area contributed by atoms with E-state index in [0.717, 1.165) is 51.4 Å². The SMILES string of the molecule is CCCCCCCCCCC/C=C/C/C=C/CCCCCCCCCC(=O)OC(COCCC(C(=O)O)[N+](C)(C)C)COC(=O)CCCCCCCCCCCCCCCCCCCCCCC. The number of nitrogens with zero attached hydrogens (tertiary/aromatic N) is 1. The van der Waals surface area contributed by atoms with Crippen molar-refractivity contribution in [2.45, 2.75) is 302 Å². The van der Waals surface area contributed by atoms with E-state index >= 15 is 0 Å². The van der Waals surface area contributed by atoms with Gasteiger partial charge in [0.15, 0.2) is 12.1 Å². The molecule has 68 heavy (non-hydrogen) atoms. The van der Waals surface area contributed by atoms with Crippen molar-refractivity contribution >= 4 is 17.9 Å². The van der Waals surface area contributed by atoms with Gasteiger partial charge in [0.05, 0.1) is 34.4 Å². The van der Waals surface area contributed by atoms with Gasteiger partial charge in [0.2, 0.25) is 0 Å². The van der Waals surface area contributed by atoms with Crippen LogP contribution in [0.3, 0.4) is 0 Å². The fraction of sp³-hybridized carbons (Fsp3) is 0.883. The summed E-state index contributed by atoms with van der Waals surface area (Å²) in [5.74, 6) is -1.45. The third-order valence-electron chi connectivity index (χ3n) is 13.6. The summed E-state index contributed by atoms with van der Waals surface area (Å²) in [6.45, 7) is 4.79. The van der Waals surface area contributed by atoms with Crippen LogP contribution in [0.1, 0.15) is 290 Å². The zero-order valence-corrected chi connectivity index (χ0v) is 45.8. The van der Waals surface area contributed by atoms with Gasteiger partial charge < -0.3 is 23.8 Å². The number of carbonyl (C=O) groups is 3. The fourth-order valence-electron chi connectivity index (χ4n) is 9.07. The van der Waals surface area contributed by atoms with Gasteiger partial charge in [-0.3, -0.25) is 9.59 Å². The predicted octanol–water partition coefficient (Wildman–Crippen LogP) is 17.5. The van der Waals surface area contributed by atoms with Gasteiger partial charge in [0.1, 0.15) is 6.61 Å². The van der Waals surface area contributed by atoms with Crippen LogP contribution in [0.4, 0.5) is 0 Å². The van der Waals surface area contributed by atoms with Crippen molar-refractivity contribution in [2.75, 3.05) is 41.0 Å². The second-order valence-corrected chi connectivity index (χ2v) is 21.3. The normalized spacial score (nSPS) is 12.9. The van der Waals surface area contributed by atoms with Crippen LogP contribution < -0.4 is 0 Å². The third kappa shape index (κ3) is 48.8. The molecule has 2 atom stereocenters. The Hall–Kier alpha value is -2.19. The number of unbranched alkanes of at least 4 members (excludes halogenated alkanes) is 36. The van der Waals surface area contributed by atoms with Crippen LogP contribution in [0.5, 0.6) is 0 Å². The summed E-state index contributed by atoms with van der Waals surface area (Å²) in [7, 11) is 5.55. The lowest BCUT2D eigenvalue weighted by Gasteiger charge is -2.31. The summed E-state index contributed by atoms with van der Waals surface area (Å²) in [5, 5.41) is 9.68. The van der Waals surface area contributed by atoms with Gasteiger partial charge in [-0.25, -0.2) is 4.79 Å². The summed E-state index contributed by atoms with van der Waals surface area (Å²) >= 11 is 0. The molecule has 400 valence electrons. The molecule has 0 aromatic heterocycles. The molecular weight excluding hydrogens is 847 g/mol. The van der Waals surface area contributed by atoms with E-state index in [1.54, 1.807) is 0 Å². The zero-order chi connectivity index (χ0) is 49.9. The maximum atomic E-state index is 12.8. The van der Waals surface area contributed by atoms with Crippen LogP contribution in [-0.4, -0.2) is 80.6 Å². The molecule has 0 heterocycles. The highest BCUT2D eigenvalue weighted by Gasteiger charge is 2.31. The molecule has 0 aliphatic heterocycles. The minimum atomic E-state index is -0.872. The van der Waals surface area contributed by atoms with Gasteiger partial charge in [-0.15, -0.1) is 0 Å². The molecule has 0 aromatic rings. The van der Waals surface area contributed by atoms with Crippen molar-refractivity contribution in [2.24, 2.45) is 0 Å². The lowest BCUT2D eigenvalue weighted by atomic mass is 10.0. The Balaban J connectivity index is 4.15. The number of ether oxygens (including phenoxy) is 3. The Morgan fingerprint density at radius 3 is 1.13 bits per heavy atom. The standard InChI is InChI=1S/C60H113NO7/c1-6-8-10-12-14-16-18-20-22-24-26-28-29-31-33-35-37-39-41-43-45-47-49-51-59(63)68-56(54-66-53-52-57(60(64)65)61(3,4)5)55-67-58(62)50-48-46-44-42-40-38-36-34-32-30-27-25-23-21-19-17-15-13-11-9-7-2/h26,28,31,33,56-57H,6-25,27,29-30,32,34-55H2,1-5H3/p+1/b28-26+,33-31+. The van der Waals surface area contributed by atoms with Gasteiger partial charge in [0.25, 0.3) is 0 Å². The van der Waals surface area contributed by atoms with Crippen LogP contribution in [0, 0.1) is 0 Å². The number of carboxylic acid groups (broad SMARTS) is 1. The average Bonchev–Trinajstić information content (AvgIpc) is 3.30. The maximum Gasteiger partial charge on any atom is 0.362 e. The van der Waals surface area contributed by atoms with Crippen molar-refractivity contribution in [3.63, 3.8) is 0 Å². The number of carboxylic acids is 1. The van der Waals surface area contributed by atoms with E-state index in [9.17, 15) is 19.5 Å². The molecule has 8 nitrogen and oxygen atoms in total. The Bertz CT molecular complexity index is 1160. The van der Waals surface area contributed by atoms with E-state index in [1.165, 1.54) is 205 Å². The van der Waals surface area contributed by atoms with Gasteiger partial charge in [-0.2, -0.15) is 0 Å². The van der Waals surface area contributed by atoms with E-state index in [-0.39, 0.29) is 36.2 Å². The average molecular weight is 962 g/mol. The minimum absolute atomic E-state index is 0.0488. The second kappa shape index (κ2) is 51.2. The van der Waals surface area contributed by atoms with Gasteiger partial charge in [-0.05, 0) is 44.9 Å². The van der Waals surface area contributed by atoms with Gasteiger partial charge >= 0.3 is 17.9 Å². The predicted molar refractivity (Wildman–Crippen MR) is 289 cm³/mol. The molecule has 1 N–H and O–H groups in total. The first-order chi connectivity index (χ1) is 33.1. The summed E-state index contributed by atoms with van der Waals surface area (Å²) in [4.78, 5) is 37.3. The first-order valence-electron chi connectivity index (χ1n) is 29.4. The largest absolute Gasteiger partial charge is 0.477 e. The quantitative estimate of drug-likeness (QED) is 0.0281. The van der Waals surface area contributed by atoms with Crippen LogP contribution in [0.25, 0.3) is 0 Å². The molecular formula is C60H114NO7+. The van der Waals surface area contributed by atoms with E-state index in [2.05, 4.69) is 38.2 Å². The Labute approximate surface area is 421 Å². The molecule has 2 unspecified atom stereocenters. The van der Waals surface area contributed by atoms with E-state index < -0.39 is 18.1 Å². The molecule has 0 aromatic carbocycles. The number of carbonyl (C=O) groups excluding carboxylic acids is 2. The van der Waals surface area contributed by atoms with Crippen molar-refractivity contribution in [3.8, 4) is 0 Å². The summed E-state index contributed by atoms with van der Waals surface area (Å²) in [6.07, 6.45) is 61.0. The molecule has 0 amide bonds. The number of rotatable bonds is 54. The number of quaternary nitrogens is 1. The highest BCUT2D eigenvalue weighted by atomic mass is 16.6. The maximum absolute atomic E-state index is 12.8. The van der Waals surface area contributed by atoms with Crippen molar-refractivity contribution in [3.05, 3.63) is 24.3 Å². The Morgan fingerprint density at radius 1 is 0.441 bits per heavy atom. The first-order valence-corrected chi connectivity index (χ1v) is 29.4. The van der Waals surface area contributed by atoms with Gasteiger partial charge in [0, 0.05) is 19.3 Å². The number of hydrogen-bond acceptors (Lipinski definition) is 6. The monoisotopic (exact) mass is 961 g/mol. The number of hydrogen-bond donors (Lipinski definition) is 1. The van der Waals surface area contributed by atoms with Crippen molar-refractivity contribution in [1.29, 1.82) is 0 Å². The molecule has 0 radical (unpaired) electrons. The van der Waals surface area contributed by atoms with Crippen LogP contribution >= 0.6 is 0 Å². The minimum Gasteiger partial charge on any atom is -0.477 e. The van der Waals surface area contributed by atoms with Crippen molar-refractivity contribution in [1.82, 2.24) is 0 Å². The van der Waals surface area contributed by atoms with Crippen LogP contribution in [-0.2, 0) is 28.6 Å². The fourth-order valence-corrected chi connectivity index (χ4v) is 9.07. The molecule has 0 saturated carbocycles. The molecule has 0 rings (SSSR count). The lowest BCUT2D eigenvalue weighted by Crippen LogP contribution is -2.50. The third-order valence-corrected chi connectivity index (χ3v) is 13.6. The smallest absolute Gasteiger partial charge is 0.362 e. The van der Waals surface area contributed by atoms with Gasteiger partial charge in [-0.1, -0.05) is 250 Å². The summed E-state index contributed by atoms with van der Waals surface area (Å²) < 4.78 is 17.4. The molecule has 0 bridgehead atoms. The topological polar surface area (TPSA) is 99.1 Å². The summed E-state index contributed by atoms with van der Waals surface area (Å²) in [5.41, 5.74) is 0. The number of esters is 2. The molecule has 0 aliphatic rings. The summed E-state index contributed by atoms with van der Waals surface area (Å²) in [6, 6.07) is -0.615. The molecule has 8 heteroatoms. The second-order valence-electron chi connectivity index (χ2n) is 21.3. The Kier molecular flexibility index (Phi) is 49.5. The number of aliphatic carboxylic acids is 1.